The molecule has 180 valence electrons. The highest BCUT2D eigenvalue weighted by Crippen LogP contribution is 2.40. The molecule has 0 aliphatic heterocycles. The minimum Gasteiger partial charge on any atom is -0.464 e. The predicted octanol–water partition coefficient (Wildman–Crippen LogP) is 5.02. The van der Waals surface area contributed by atoms with E-state index in [1.165, 1.54) is 6.92 Å². The number of carbonyl (C=O) groups excluding carboxylic acids is 2. The number of rotatable bonds is 7. The van der Waals surface area contributed by atoms with Crippen LogP contribution in [0.2, 0.25) is 5.04 Å². The zero-order valence-electron chi connectivity index (χ0n) is 20.8. The Morgan fingerprint density at radius 2 is 1.37 bits per heavy atom. The van der Waals surface area contributed by atoms with E-state index >= 15 is 0 Å². The van der Waals surface area contributed by atoms with E-state index < -0.39 is 19.7 Å². The van der Waals surface area contributed by atoms with E-state index in [-0.39, 0.29) is 24.0 Å². The van der Waals surface area contributed by atoms with Crippen molar-refractivity contribution in [2.24, 2.45) is 5.41 Å². The topological polar surface area (TPSA) is 52.6 Å². The second kappa shape index (κ2) is 9.76. The van der Waals surface area contributed by atoms with Gasteiger partial charge in [0.1, 0.15) is 12.0 Å². The lowest BCUT2D eigenvalue weighted by atomic mass is 9.76. The Hall–Kier alpha value is -3.28. The molecular weight excluding hydrogens is 452 g/mol. The number of hydrogen-bond donors (Lipinski definition) is 0. The Balaban J connectivity index is 1.83. The van der Waals surface area contributed by atoms with E-state index in [1.807, 2.05) is 72.8 Å². The molecule has 0 bridgehead atoms. The summed E-state index contributed by atoms with van der Waals surface area (Å²) in [4.78, 5) is 25.7. The third-order valence-corrected chi connectivity index (χ3v) is 11.7. The molecule has 0 heterocycles. The highest BCUT2D eigenvalue weighted by atomic mass is 28.4. The van der Waals surface area contributed by atoms with Gasteiger partial charge in [-0.05, 0) is 21.0 Å². The summed E-state index contributed by atoms with van der Waals surface area (Å²) in [5.74, 6) is -0.510. The summed E-state index contributed by atoms with van der Waals surface area (Å²) < 4.78 is 12.6. The number of hydrogen-bond acceptors (Lipinski definition) is 4. The van der Waals surface area contributed by atoms with Gasteiger partial charge in [-0.25, -0.2) is 0 Å². The van der Waals surface area contributed by atoms with Crippen molar-refractivity contribution in [1.29, 1.82) is 0 Å². The third kappa shape index (κ3) is 4.66. The quantitative estimate of drug-likeness (QED) is 0.349. The zero-order chi connectivity index (χ0) is 25.1. The Kier molecular flexibility index (Phi) is 6.92. The van der Waals surface area contributed by atoms with Crippen LogP contribution in [0.5, 0.6) is 0 Å². The Labute approximate surface area is 208 Å². The fourth-order valence-corrected chi connectivity index (χ4v) is 9.57. The number of benzene rings is 3. The molecule has 0 saturated carbocycles. The molecule has 0 N–H and O–H groups in total. The molecule has 0 spiro atoms. The second-order valence-electron chi connectivity index (χ2n) is 10.1. The predicted molar refractivity (Wildman–Crippen MR) is 142 cm³/mol. The normalized spacial score (nSPS) is 17.7. The van der Waals surface area contributed by atoms with Gasteiger partial charge in [-0.3, -0.25) is 9.59 Å². The number of Topliss-reactive ketones (excluding diaryl/α,β-unsaturated/α-hetero) is 1. The first kappa shape index (κ1) is 24.8. The van der Waals surface area contributed by atoms with Gasteiger partial charge in [-0.1, -0.05) is 118 Å². The summed E-state index contributed by atoms with van der Waals surface area (Å²) in [6.07, 6.45) is 3.80. The number of ketones is 1. The van der Waals surface area contributed by atoms with Crippen molar-refractivity contribution in [3.8, 4) is 0 Å². The van der Waals surface area contributed by atoms with Crippen molar-refractivity contribution in [2.45, 2.75) is 32.7 Å². The molecule has 0 aromatic heterocycles. The molecule has 1 aliphatic rings. The molecule has 4 rings (SSSR count). The number of fused-ring (bicyclic) bond motifs is 1. The highest BCUT2D eigenvalue weighted by molar-refractivity contribution is 6.99. The van der Waals surface area contributed by atoms with Crippen LogP contribution in [0.25, 0.3) is 6.08 Å². The molecular formula is C30H32O4Si. The summed E-state index contributed by atoms with van der Waals surface area (Å²) in [7, 11) is -2.88. The van der Waals surface area contributed by atoms with Gasteiger partial charge in [0.25, 0.3) is 8.32 Å². The first-order valence-electron chi connectivity index (χ1n) is 11.9. The van der Waals surface area contributed by atoms with Crippen LogP contribution in [0.4, 0.5) is 0 Å². The third-order valence-electron chi connectivity index (χ3n) is 6.74. The fraction of sp³-hybridized carbons (Fsp3) is 0.267. The number of ether oxygens (including phenoxy) is 1. The van der Waals surface area contributed by atoms with E-state index in [0.29, 0.717) is 5.56 Å². The van der Waals surface area contributed by atoms with Crippen molar-refractivity contribution in [3.63, 3.8) is 0 Å². The van der Waals surface area contributed by atoms with Crippen molar-refractivity contribution >= 4 is 36.5 Å². The summed E-state index contributed by atoms with van der Waals surface area (Å²) in [6.45, 7) is 8.01. The molecule has 3 aromatic rings. The molecule has 4 nitrogen and oxygen atoms in total. The van der Waals surface area contributed by atoms with Crippen LogP contribution in [-0.2, 0) is 14.0 Å². The number of carbonyl (C=O) groups is 2. The number of esters is 1. The lowest BCUT2D eigenvalue weighted by Crippen LogP contribution is -2.67. The first-order chi connectivity index (χ1) is 16.7. The van der Waals surface area contributed by atoms with Gasteiger partial charge in [-0.15, -0.1) is 0 Å². The first-order valence-corrected chi connectivity index (χ1v) is 13.8. The highest BCUT2D eigenvalue weighted by Gasteiger charge is 2.52. The largest absolute Gasteiger partial charge is 0.464 e. The Bertz CT molecular complexity index is 1190. The van der Waals surface area contributed by atoms with Gasteiger partial charge in [0.2, 0.25) is 0 Å². The van der Waals surface area contributed by atoms with Gasteiger partial charge in [0, 0.05) is 12.5 Å². The molecule has 0 saturated heterocycles. The van der Waals surface area contributed by atoms with E-state index in [9.17, 15) is 9.59 Å². The van der Waals surface area contributed by atoms with Gasteiger partial charge in [0.05, 0.1) is 6.61 Å². The van der Waals surface area contributed by atoms with Crippen LogP contribution < -0.4 is 10.4 Å². The maximum absolute atomic E-state index is 13.9. The lowest BCUT2D eigenvalue weighted by Gasteiger charge is -2.45. The van der Waals surface area contributed by atoms with Gasteiger partial charge < -0.3 is 9.16 Å². The molecule has 1 atom stereocenters. The zero-order valence-corrected chi connectivity index (χ0v) is 21.8. The van der Waals surface area contributed by atoms with E-state index in [2.05, 4.69) is 45.0 Å². The van der Waals surface area contributed by atoms with Crippen molar-refractivity contribution in [2.75, 3.05) is 13.2 Å². The average molecular weight is 485 g/mol. The van der Waals surface area contributed by atoms with Crippen LogP contribution in [0.1, 0.15) is 43.6 Å². The SMILES string of the molecule is CC(=O)OC[C@@]1(CO[Si](c2ccccc2)(c2ccccc2)C(C)(C)C)C=Cc2ccccc2C1=O. The van der Waals surface area contributed by atoms with Crippen LogP contribution in [0.15, 0.2) is 91.0 Å². The average Bonchev–Trinajstić information content (AvgIpc) is 2.85. The molecule has 0 amide bonds. The van der Waals surface area contributed by atoms with Crippen LogP contribution in [-0.4, -0.2) is 33.3 Å². The van der Waals surface area contributed by atoms with E-state index in [4.69, 9.17) is 9.16 Å². The minimum absolute atomic E-state index is 0.0653. The second-order valence-corrected chi connectivity index (χ2v) is 14.4. The smallest absolute Gasteiger partial charge is 0.302 e. The van der Waals surface area contributed by atoms with E-state index in [1.54, 1.807) is 0 Å². The van der Waals surface area contributed by atoms with Crippen LogP contribution in [0.3, 0.4) is 0 Å². The fourth-order valence-electron chi connectivity index (χ4n) is 4.94. The molecule has 5 heteroatoms. The summed E-state index contributed by atoms with van der Waals surface area (Å²) in [5.41, 5.74) is 0.377. The summed E-state index contributed by atoms with van der Waals surface area (Å²) in [6, 6.07) is 28.1. The molecule has 3 aromatic carbocycles. The molecule has 0 radical (unpaired) electrons. The van der Waals surface area contributed by atoms with Crippen molar-refractivity contribution in [1.82, 2.24) is 0 Å². The molecule has 1 aliphatic carbocycles. The standard InChI is InChI=1S/C30H32O4Si/c1-23(31)33-21-30(20-19-24-13-11-12-18-27(24)28(30)32)22-34-35(29(2,3)4,25-14-7-5-8-15-25)26-16-9-6-10-17-26/h5-20H,21-22H2,1-4H3/t30-/m1/s1. The van der Waals surface area contributed by atoms with E-state index in [0.717, 1.165) is 15.9 Å². The van der Waals surface area contributed by atoms with Gasteiger partial charge >= 0.3 is 5.97 Å². The monoisotopic (exact) mass is 484 g/mol. The van der Waals surface area contributed by atoms with Crippen LogP contribution >= 0.6 is 0 Å². The summed E-state index contributed by atoms with van der Waals surface area (Å²) in [5, 5.41) is 2.03. The Morgan fingerprint density at radius 1 is 0.829 bits per heavy atom. The molecule has 0 fully saturated rings. The van der Waals surface area contributed by atoms with Gasteiger partial charge in [0.15, 0.2) is 5.78 Å². The molecule has 35 heavy (non-hydrogen) atoms. The maximum atomic E-state index is 13.9. The maximum Gasteiger partial charge on any atom is 0.302 e. The molecule has 0 unspecified atom stereocenters. The van der Waals surface area contributed by atoms with Crippen molar-refractivity contribution < 1.29 is 18.8 Å². The summed E-state index contributed by atoms with van der Waals surface area (Å²) >= 11 is 0. The lowest BCUT2D eigenvalue weighted by molar-refractivity contribution is -0.143. The van der Waals surface area contributed by atoms with Crippen LogP contribution in [0, 0.1) is 5.41 Å². The minimum atomic E-state index is -2.88. The Morgan fingerprint density at radius 3 is 1.91 bits per heavy atom. The van der Waals surface area contributed by atoms with Crippen molar-refractivity contribution in [3.05, 3.63) is 102 Å². The van der Waals surface area contributed by atoms with Gasteiger partial charge in [-0.2, -0.15) is 0 Å².